The molecular formula is C10H7BrO4. The fourth-order valence-electron chi connectivity index (χ4n) is 1.43. The Kier molecular flexibility index (Phi) is 2.48. The van der Waals surface area contributed by atoms with Gasteiger partial charge < -0.3 is 9.84 Å². The molecule has 0 amide bonds. The number of Topliss-reactive ketones (excluding diaryl/α,β-unsaturated/α-hetero) is 1. The number of halogens is 1. The number of carbonyl (C=O) groups is 2. The smallest absolute Gasteiger partial charge is 0.345 e. The first-order valence-electron chi connectivity index (χ1n) is 4.30. The van der Waals surface area contributed by atoms with Gasteiger partial charge in [-0.25, -0.2) is 4.79 Å². The molecule has 1 aliphatic heterocycles. The van der Waals surface area contributed by atoms with Gasteiger partial charge in [-0.3, -0.25) is 4.79 Å². The Hall–Kier alpha value is -1.36. The molecule has 0 radical (unpaired) electrons. The highest BCUT2D eigenvalue weighted by Crippen LogP contribution is 2.30. The van der Waals surface area contributed by atoms with Gasteiger partial charge in [-0.05, 0) is 18.2 Å². The van der Waals surface area contributed by atoms with Crippen LogP contribution in [0.15, 0.2) is 22.7 Å². The van der Waals surface area contributed by atoms with E-state index in [4.69, 9.17) is 9.84 Å². The molecule has 0 aliphatic carbocycles. The van der Waals surface area contributed by atoms with Crippen molar-refractivity contribution in [3.05, 3.63) is 28.2 Å². The van der Waals surface area contributed by atoms with Crippen LogP contribution in [0.2, 0.25) is 0 Å². The van der Waals surface area contributed by atoms with E-state index in [1.165, 1.54) is 0 Å². The predicted octanol–water partition coefficient (Wildman–Crippen LogP) is 1.87. The average Bonchev–Trinajstić information content (AvgIpc) is 2.18. The number of hydrogen-bond donors (Lipinski definition) is 1. The van der Waals surface area contributed by atoms with Gasteiger partial charge in [0.1, 0.15) is 5.75 Å². The second-order valence-electron chi connectivity index (χ2n) is 3.21. The predicted molar refractivity (Wildman–Crippen MR) is 55.1 cm³/mol. The van der Waals surface area contributed by atoms with Crippen LogP contribution in [0.1, 0.15) is 16.8 Å². The van der Waals surface area contributed by atoms with Crippen LogP contribution in [0.25, 0.3) is 0 Å². The van der Waals surface area contributed by atoms with Gasteiger partial charge in [-0.1, -0.05) is 15.9 Å². The van der Waals surface area contributed by atoms with Crippen molar-refractivity contribution in [3.8, 4) is 5.75 Å². The van der Waals surface area contributed by atoms with Gasteiger partial charge in [-0.15, -0.1) is 0 Å². The molecule has 5 heteroatoms. The molecule has 0 bridgehead atoms. The SMILES string of the molecule is O=C1C[C@H](C(=O)O)Oc2ccc(Br)cc21. The highest BCUT2D eigenvalue weighted by Gasteiger charge is 2.31. The van der Waals surface area contributed by atoms with Crippen molar-refractivity contribution in [2.24, 2.45) is 0 Å². The lowest BCUT2D eigenvalue weighted by atomic mass is 10.0. The number of carboxylic acid groups (broad SMARTS) is 1. The topological polar surface area (TPSA) is 63.6 Å². The Morgan fingerprint density at radius 2 is 2.27 bits per heavy atom. The summed E-state index contributed by atoms with van der Waals surface area (Å²) in [6.07, 6.45) is -1.18. The van der Waals surface area contributed by atoms with Gasteiger partial charge in [0.2, 0.25) is 6.10 Å². The molecule has 1 aliphatic rings. The van der Waals surface area contributed by atoms with Crippen molar-refractivity contribution < 1.29 is 19.4 Å². The van der Waals surface area contributed by atoms with E-state index in [0.29, 0.717) is 11.3 Å². The maximum atomic E-state index is 11.6. The summed E-state index contributed by atoms with van der Waals surface area (Å²) < 4.78 is 5.95. The van der Waals surface area contributed by atoms with Gasteiger partial charge in [0.15, 0.2) is 5.78 Å². The molecule has 1 aromatic rings. The zero-order chi connectivity index (χ0) is 11.0. The third kappa shape index (κ3) is 1.87. The Bertz CT molecular complexity index is 441. The highest BCUT2D eigenvalue weighted by molar-refractivity contribution is 9.10. The van der Waals surface area contributed by atoms with Crippen molar-refractivity contribution >= 4 is 27.7 Å². The fraction of sp³-hybridized carbons (Fsp3) is 0.200. The molecule has 1 atom stereocenters. The van der Waals surface area contributed by atoms with Crippen LogP contribution in [-0.2, 0) is 4.79 Å². The molecular weight excluding hydrogens is 264 g/mol. The molecule has 2 rings (SSSR count). The number of carboxylic acids is 1. The zero-order valence-corrected chi connectivity index (χ0v) is 9.15. The number of benzene rings is 1. The normalized spacial score (nSPS) is 19.3. The highest BCUT2D eigenvalue weighted by atomic mass is 79.9. The Labute approximate surface area is 94.0 Å². The monoisotopic (exact) mass is 270 g/mol. The van der Waals surface area contributed by atoms with Crippen LogP contribution in [0, 0.1) is 0 Å². The van der Waals surface area contributed by atoms with E-state index in [0.717, 1.165) is 4.47 Å². The number of rotatable bonds is 1. The Morgan fingerprint density at radius 1 is 1.53 bits per heavy atom. The lowest BCUT2D eigenvalue weighted by Gasteiger charge is -2.22. The summed E-state index contributed by atoms with van der Waals surface area (Å²) in [5.74, 6) is -0.983. The van der Waals surface area contributed by atoms with E-state index in [9.17, 15) is 9.59 Å². The summed E-state index contributed by atoms with van der Waals surface area (Å²) in [5, 5.41) is 8.75. The number of ketones is 1. The molecule has 15 heavy (non-hydrogen) atoms. The minimum absolute atomic E-state index is 0.112. The number of carbonyl (C=O) groups excluding carboxylic acids is 1. The van der Waals surface area contributed by atoms with Crippen LogP contribution in [0.3, 0.4) is 0 Å². The molecule has 0 saturated heterocycles. The minimum atomic E-state index is -1.11. The third-order valence-corrected chi connectivity index (χ3v) is 2.65. The Morgan fingerprint density at radius 3 is 2.93 bits per heavy atom. The summed E-state index contributed by atoms with van der Waals surface area (Å²) in [6, 6.07) is 4.93. The van der Waals surface area contributed by atoms with Crippen LogP contribution >= 0.6 is 15.9 Å². The van der Waals surface area contributed by atoms with E-state index in [1.807, 2.05) is 0 Å². The molecule has 0 aromatic heterocycles. The summed E-state index contributed by atoms with van der Waals surface area (Å²) in [5.41, 5.74) is 0.432. The second kappa shape index (κ2) is 3.66. The molecule has 0 unspecified atom stereocenters. The summed E-state index contributed by atoms with van der Waals surface area (Å²) >= 11 is 3.24. The number of aliphatic carboxylic acids is 1. The van der Waals surface area contributed by atoms with E-state index in [-0.39, 0.29) is 12.2 Å². The first kappa shape index (κ1) is 10.2. The summed E-state index contributed by atoms with van der Waals surface area (Å²) in [4.78, 5) is 22.3. The lowest BCUT2D eigenvalue weighted by Crippen LogP contribution is -2.33. The average molecular weight is 271 g/mol. The number of hydrogen-bond acceptors (Lipinski definition) is 3. The van der Waals surface area contributed by atoms with Crippen molar-refractivity contribution in [2.75, 3.05) is 0 Å². The van der Waals surface area contributed by atoms with E-state index in [2.05, 4.69) is 15.9 Å². The van der Waals surface area contributed by atoms with E-state index >= 15 is 0 Å². The largest absolute Gasteiger partial charge is 0.478 e. The van der Waals surface area contributed by atoms with E-state index in [1.54, 1.807) is 18.2 Å². The first-order valence-corrected chi connectivity index (χ1v) is 5.09. The third-order valence-electron chi connectivity index (χ3n) is 2.16. The maximum absolute atomic E-state index is 11.6. The fourth-order valence-corrected chi connectivity index (χ4v) is 1.79. The zero-order valence-electron chi connectivity index (χ0n) is 7.57. The van der Waals surface area contributed by atoms with Crippen LogP contribution in [0.4, 0.5) is 0 Å². The minimum Gasteiger partial charge on any atom is -0.478 e. The standard InChI is InChI=1S/C10H7BrO4/c11-5-1-2-8-6(3-5)7(12)4-9(15-8)10(13)14/h1-3,9H,4H2,(H,13,14)/t9-/m1/s1. The van der Waals surface area contributed by atoms with Crippen molar-refractivity contribution in [3.63, 3.8) is 0 Å². The first-order chi connectivity index (χ1) is 7.08. The van der Waals surface area contributed by atoms with Gasteiger partial charge >= 0.3 is 5.97 Å². The van der Waals surface area contributed by atoms with Crippen LogP contribution in [-0.4, -0.2) is 23.0 Å². The summed E-state index contributed by atoms with van der Waals surface area (Å²) in [6.45, 7) is 0. The molecule has 1 aromatic carbocycles. The Balaban J connectivity index is 2.41. The van der Waals surface area contributed by atoms with Gasteiger partial charge in [0.05, 0.1) is 12.0 Å². The number of fused-ring (bicyclic) bond motifs is 1. The van der Waals surface area contributed by atoms with Gasteiger partial charge in [0.25, 0.3) is 0 Å². The molecule has 1 N–H and O–H groups in total. The molecule has 0 saturated carbocycles. The van der Waals surface area contributed by atoms with Gasteiger partial charge in [0, 0.05) is 4.47 Å². The molecule has 1 heterocycles. The molecule has 0 fully saturated rings. The lowest BCUT2D eigenvalue weighted by molar-refractivity contribution is -0.145. The molecule has 4 nitrogen and oxygen atoms in total. The van der Waals surface area contributed by atoms with Crippen molar-refractivity contribution in [1.29, 1.82) is 0 Å². The van der Waals surface area contributed by atoms with Gasteiger partial charge in [-0.2, -0.15) is 0 Å². The maximum Gasteiger partial charge on any atom is 0.345 e. The molecule has 0 spiro atoms. The van der Waals surface area contributed by atoms with Crippen LogP contribution < -0.4 is 4.74 Å². The quantitative estimate of drug-likeness (QED) is 0.846. The second-order valence-corrected chi connectivity index (χ2v) is 4.13. The van der Waals surface area contributed by atoms with E-state index < -0.39 is 12.1 Å². The van der Waals surface area contributed by atoms with Crippen molar-refractivity contribution in [2.45, 2.75) is 12.5 Å². The van der Waals surface area contributed by atoms with Crippen LogP contribution in [0.5, 0.6) is 5.75 Å². The molecule has 78 valence electrons. The van der Waals surface area contributed by atoms with Crippen molar-refractivity contribution in [1.82, 2.24) is 0 Å². The number of ether oxygens (including phenoxy) is 1. The summed E-state index contributed by atoms with van der Waals surface area (Å²) in [7, 11) is 0.